The zero-order valence-electron chi connectivity index (χ0n) is 12.2. The molecule has 2 saturated carbocycles. The van der Waals surface area contributed by atoms with Gasteiger partial charge in [-0.15, -0.1) is 0 Å². The van der Waals surface area contributed by atoms with Crippen LogP contribution in [0.3, 0.4) is 0 Å². The van der Waals surface area contributed by atoms with E-state index in [1.807, 2.05) is 0 Å². The number of ether oxygens (including phenoxy) is 1. The van der Waals surface area contributed by atoms with Crippen molar-refractivity contribution in [2.24, 2.45) is 11.1 Å². The van der Waals surface area contributed by atoms with Gasteiger partial charge in [0, 0.05) is 35.7 Å². The minimum atomic E-state index is -0.409. The zero-order chi connectivity index (χ0) is 15.0. The molecule has 2 atom stereocenters. The van der Waals surface area contributed by atoms with Gasteiger partial charge in [0.2, 0.25) is 0 Å². The Hall–Kier alpha value is -1.46. The number of nitrogens with two attached hydrogens (primary N) is 1. The topological polar surface area (TPSA) is 64.3 Å². The third-order valence-corrected chi connectivity index (χ3v) is 5.13. The molecule has 4 nitrogen and oxygen atoms in total. The summed E-state index contributed by atoms with van der Waals surface area (Å²) >= 11 is 0. The van der Waals surface area contributed by atoms with Gasteiger partial charge in [-0.2, -0.15) is 0 Å². The molecule has 1 aromatic rings. The van der Waals surface area contributed by atoms with Crippen molar-refractivity contribution >= 4 is 5.91 Å². The third kappa shape index (κ3) is 2.34. The fourth-order valence-electron chi connectivity index (χ4n) is 3.53. The lowest BCUT2D eigenvalue weighted by Gasteiger charge is -2.60. The SMILES string of the molecule is COCc1ccc(C(=O)NC2CC(N)C23CCC3)cc1F. The molecule has 1 spiro atoms. The highest BCUT2D eigenvalue weighted by Gasteiger charge is 2.57. The van der Waals surface area contributed by atoms with Crippen molar-refractivity contribution < 1.29 is 13.9 Å². The number of carbonyl (C=O) groups excluding carboxylic acids is 1. The van der Waals surface area contributed by atoms with E-state index in [0.29, 0.717) is 11.1 Å². The molecule has 1 aromatic carbocycles. The normalized spacial score (nSPS) is 26.0. The quantitative estimate of drug-likeness (QED) is 0.892. The Morgan fingerprint density at radius 2 is 2.29 bits per heavy atom. The maximum atomic E-state index is 13.8. The van der Waals surface area contributed by atoms with Crippen LogP contribution in [0.2, 0.25) is 0 Å². The minimum Gasteiger partial charge on any atom is -0.380 e. The highest BCUT2D eigenvalue weighted by molar-refractivity contribution is 5.94. The fraction of sp³-hybridized carbons (Fsp3) is 0.562. The standard InChI is InChI=1S/C16H21FN2O2/c1-21-9-11-4-3-10(7-12(11)17)15(20)19-14-8-13(18)16(14)5-2-6-16/h3-4,7,13-14H,2,5-6,8-9,18H2,1H3,(H,19,20). The van der Waals surface area contributed by atoms with Gasteiger partial charge in [0.15, 0.2) is 0 Å². The van der Waals surface area contributed by atoms with Crippen LogP contribution in [0.25, 0.3) is 0 Å². The number of rotatable bonds is 4. The molecule has 0 aliphatic heterocycles. The van der Waals surface area contributed by atoms with Gasteiger partial charge in [-0.3, -0.25) is 4.79 Å². The average molecular weight is 292 g/mol. The van der Waals surface area contributed by atoms with Crippen LogP contribution in [0.15, 0.2) is 18.2 Å². The van der Waals surface area contributed by atoms with E-state index >= 15 is 0 Å². The Morgan fingerprint density at radius 1 is 1.52 bits per heavy atom. The van der Waals surface area contributed by atoms with Crippen molar-refractivity contribution in [2.75, 3.05) is 7.11 Å². The maximum Gasteiger partial charge on any atom is 0.251 e. The number of hydrogen-bond acceptors (Lipinski definition) is 3. The Morgan fingerprint density at radius 3 is 2.81 bits per heavy atom. The Labute approximate surface area is 123 Å². The Balaban J connectivity index is 1.67. The van der Waals surface area contributed by atoms with E-state index in [0.717, 1.165) is 19.3 Å². The van der Waals surface area contributed by atoms with Crippen molar-refractivity contribution in [3.8, 4) is 0 Å². The van der Waals surface area contributed by atoms with Crippen LogP contribution in [0.1, 0.15) is 41.6 Å². The first kappa shape index (κ1) is 14.5. The van der Waals surface area contributed by atoms with Crippen molar-refractivity contribution in [2.45, 2.75) is 44.4 Å². The predicted octanol–water partition coefficient (Wildman–Crippen LogP) is 1.97. The van der Waals surface area contributed by atoms with Crippen LogP contribution in [-0.2, 0) is 11.3 Å². The highest BCUT2D eigenvalue weighted by atomic mass is 19.1. The van der Waals surface area contributed by atoms with E-state index in [9.17, 15) is 9.18 Å². The molecule has 3 rings (SSSR count). The van der Waals surface area contributed by atoms with Crippen molar-refractivity contribution in [1.29, 1.82) is 0 Å². The second-order valence-electron chi connectivity index (χ2n) is 6.19. The monoisotopic (exact) mass is 292 g/mol. The van der Waals surface area contributed by atoms with Gasteiger partial charge in [0.25, 0.3) is 5.91 Å². The molecule has 0 saturated heterocycles. The summed E-state index contributed by atoms with van der Waals surface area (Å²) in [6.07, 6.45) is 4.16. The second kappa shape index (κ2) is 5.39. The molecule has 0 aromatic heterocycles. The molecule has 2 aliphatic carbocycles. The summed E-state index contributed by atoms with van der Waals surface area (Å²) in [4.78, 5) is 12.3. The molecule has 0 bridgehead atoms. The first-order chi connectivity index (χ1) is 10.1. The maximum absolute atomic E-state index is 13.8. The predicted molar refractivity (Wildman–Crippen MR) is 77.2 cm³/mol. The Kier molecular flexibility index (Phi) is 3.71. The van der Waals surface area contributed by atoms with Gasteiger partial charge in [0.1, 0.15) is 5.82 Å². The number of amides is 1. The first-order valence-electron chi connectivity index (χ1n) is 7.40. The summed E-state index contributed by atoms with van der Waals surface area (Å²) in [5, 5.41) is 3.02. The van der Waals surface area contributed by atoms with E-state index in [1.54, 1.807) is 12.1 Å². The van der Waals surface area contributed by atoms with Crippen LogP contribution in [0.5, 0.6) is 0 Å². The number of halogens is 1. The van der Waals surface area contributed by atoms with Gasteiger partial charge in [-0.05, 0) is 31.4 Å². The molecule has 2 fully saturated rings. The average Bonchev–Trinajstić information content (AvgIpc) is 2.38. The van der Waals surface area contributed by atoms with Crippen molar-refractivity contribution in [3.05, 3.63) is 35.1 Å². The lowest BCUT2D eigenvalue weighted by Crippen LogP contribution is -2.69. The number of benzene rings is 1. The van der Waals surface area contributed by atoms with E-state index in [-0.39, 0.29) is 30.0 Å². The summed E-state index contributed by atoms with van der Waals surface area (Å²) in [5.41, 5.74) is 6.98. The minimum absolute atomic E-state index is 0.101. The molecule has 5 heteroatoms. The lowest BCUT2D eigenvalue weighted by molar-refractivity contribution is -0.0389. The molecule has 1 amide bonds. The van der Waals surface area contributed by atoms with E-state index in [4.69, 9.17) is 10.5 Å². The van der Waals surface area contributed by atoms with Gasteiger partial charge in [0.05, 0.1) is 6.61 Å². The number of hydrogen-bond donors (Lipinski definition) is 2. The molecule has 2 aliphatic rings. The third-order valence-electron chi connectivity index (χ3n) is 5.13. The molecule has 114 valence electrons. The van der Waals surface area contributed by atoms with E-state index in [1.165, 1.54) is 19.6 Å². The van der Waals surface area contributed by atoms with Crippen LogP contribution in [0, 0.1) is 11.2 Å². The summed E-state index contributed by atoms with van der Waals surface area (Å²) in [5.74, 6) is -0.630. The summed E-state index contributed by atoms with van der Waals surface area (Å²) in [6.45, 7) is 0.203. The Bertz CT molecular complexity index is 557. The molecular weight excluding hydrogens is 271 g/mol. The fourth-order valence-corrected chi connectivity index (χ4v) is 3.53. The molecule has 0 heterocycles. The molecule has 3 N–H and O–H groups in total. The highest BCUT2D eigenvalue weighted by Crippen LogP contribution is 2.55. The van der Waals surface area contributed by atoms with Gasteiger partial charge >= 0.3 is 0 Å². The number of methoxy groups -OCH3 is 1. The summed E-state index contributed by atoms with van der Waals surface area (Å²) in [7, 11) is 1.51. The van der Waals surface area contributed by atoms with Crippen molar-refractivity contribution in [1.82, 2.24) is 5.32 Å². The number of nitrogens with one attached hydrogen (secondary N) is 1. The second-order valence-corrected chi connectivity index (χ2v) is 6.19. The van der Waals surface area contributed by atoms with E-state index in [2.05, 4.69) is 5.32 Å². The molecular formula is C16H21FN2O2. The van der Waals surface area contributed by atoms with E-state index < -0.39 is 5.82 Å². The smallest absolute Gasteiger partial charge is 0.251 e. The van der Waals surface area contributed by atoms with Gasteiger partial charge in [-0.1, -0.05) is 12.5 Å². The van der Waals surface area contributed by atoms with Crippen molar-refractivity contribution in [3.63, 3.8) is 0 Å². The van der Waals surface area contributed by atoms with Crippen LogP contribution in [-0.4, -0.2) is 25.1 Å². The van der Waals surface area contributed by atoms with Crippen LogP contribution >= 0.6 is 0 Å². The molecule has 21 heavy (non-hydrogen) atoms. The van der Waals surface area contributed by atoms with Gasteiger partial charge < -0.3 is 15.8 Å². The molecule has 2 unspecified atom stereocenters. The zero-order valence-corrected chi connectivity index (χ0v) is 12.2. The van der Waals surface area contributed by atoms with Crippen LogP contribution < -0.4 is 11.1 Å². The summed E-state index contributed by atoms with van der Waals surface area (Å²) < 4.78 is 18.7. The molecule has 0 radical (unpaired) electrons. The number of carbonyl (C=O) groups is 1. The largest absolute Gasteiger partial charge is 0.380 e. The summed E-state index contributed by atoms with van der Waals surface area (Å²) in [6, 6.07) is 4.83. The van der Waals surface area contributed by atoms with Gasteiger partial charge in [-0.25, -0.2) is 4.39 Å². The first-order valence-corrected chi connectivity index (χ1v) is 7.40. The lowest BCUT2D eigenvalue weighted by atomic mass is 9.50. The van der Waals surface area contributed by atoms with Crippen LogP contribution in [0.4, 0.5) is 4.39 Å².